The minimum absolute atomic E-state index is 0.155. The number of nitrogens with zero attached hydrogens (tertiary/aromatic N) is 2. The maximum Gasteiger partial charge on any atom is 0.150 e. The average Bonchev–Trinajstić information content (AvgIpc) is 3.62. The minimum Gasteiger partial charge on any atom is -0.298 e. The zero-order valence-corrected chi connectivity index (χ0v) is 25.0. The molecule has 0 aliphatic heterocycles. The fraction of sp³-hybridized carbons (Fsp3) is 0.639. The normalized spacial score (nSPS) is 44.0. The van der Waals surface area contributed by atoms with Crippen LogP contribution in [0.2, 0.25) is 0 Å². The molecule has 0 bridgehead atoms. The van der Waals surface area contributed by atoms with Gasteiger partial charge in [-0.05, 0) is 128 Å². The van der Waals surface area contributed by atoms with E-state index in [1.165, 1.54) is 74.5 Å². The number of aldehydes is 1. The minimum atomic E-state index is 0.155. The average molecular weight is 538 g/mol. The van der Waals surface area contributed by atoms with Crippen molar-refractivity contribution in [2.45, 2.75) is 90.9 Å². The predicted octanol–water partition coefficient (Wildman–Crippen LogP) is 8.44. The molecule has 4 saturated carbocycles. The third-order valence-corrected chi connectivity index (χ3v) is 13.7. The van der Waals surface area contributed by atoms with Crippen molar-refractivity contribution in [3.63, 3.8) is 0 Å². The number of carbonyl (C=O) groups excluding carboxylic acids is 1. The van der Waals surface area contributed by atoms with Crippen LogP contribution in [0.1, 0.15) is 107 Å². The molecule has 1 aromatic carbocycles. The lowest BCUT2D eigenvalue weighted by Gasteiger charge is -2.67. The Morgan fingerprint density at radius 2 is 1.75 bits per heavy atom. The van der Waals surface area contributed by atoms with Crippen molar-refractivity contribution in [3.05, 3.63) is 65.8 Å². The highest BCUT2D eigenvalue weighted by Crippen LogP contribution is 2.72. The molecule has 4 nitrogen and oxygen atoms in total. The second kappa shape index (κ2) is 9.26. The van der Waals surface area contributed by atoms with Crippen LogP contribution in [-0.2, 0) is 5.41 Å². The first kappa shape index (κ1) is 26.4. The zero-order valence-electron chi connectivity index (χ0n) is 25.0. The van der Waals surface area contributed by atoms with Crippen molar-refractivity contribution in [3.8, 4) is 0 Å². The molecule has 5 aliphatic rings. The first-order chi connectivity index (χ1) is 19.2. The van der Waals surface area contributed by atoms with E-state index in [-0.39, 0.29) is 5.41 Å². The van der Waals surface area contributed by atoms with E-state index in [9.17, 15) is 4.79 Å². The van der Waals surface area contributed by atoms with E-state index in [4.69, 9.17) is 4.98 Å². The lowest BCUT2D eigenvalue weighted by molar-refractivity contribution is -0.166. The van der Waals surface area contributed by atoms with E-state index in [0.29, 0.717) is 28.6 Å². The molecule has 40 heavy (non-hydrogen) atoms. The lowest BCUT2D eigenvalue weighted by atomic mass is 9.37. The topological polar surface area (TPSA) is 58.6 Å². The Bertz CT molecular complexity index is 1330. The maximum absolute atomic E-state index is 11.2. The van der Waals surface area contributed by atoms with Crippen LogP contribution in [-0.4, -0.2) is 21.5 Å². The van der Waals surface area contributed by atoms with Crippen molar-refractivity contribution < 1.29 is 4.79 Å². The van der Waals surface area contributed by atoms with Crippen LogP contribution in [0.4, 0.5) is 0 Å². The molecular formula is C36H47N3O. The number of allylic oxidation sites excluding steroid dienone is 3. The van der Waals surface area contributed by atoms with Gasteiger partial charge in [-0.15, -0.1) is 0 Å². The molecule has 0 amide bonds. The molecule has 1 N–H and O–H groups in total. The van der Waals surface area contributed by atoms with Gasteiger partial charge in [0.2, 0.25) is 0 Å². The summed E-state index contributed by atoms with van der Waals surface area (Å²) in [4.78, 5) is 16.0. The molecule has 1 heterocycles. The van der Waals surface area contributed by atoms with E-state index in [0.717, 1.165) is 41.3 Å². The summed E-state index contributed by atoms with van der Waals surface area (Å²) >= 11 is 0. The Morgan fingerprint density at radius 3 is 2.45 bits per heavy atom. The third kappa shape index (κ3) is 3.53. The lowest BCUT2D eigenvalue weighted by Crippen LogP contribution is -2.60. The molecule has 0 saturated heterocycles. The highest BCUT2D eigenvalue weighted by atomic mass is 16.1. The number of aromatic amines is 1. The quantitative estimate of drug-likeness (QED) is 0.314. The van der Waals surface area contributed by atoms with Crippen molar-refractivity contribution >= 4 is 11.9 Å². The molecule has 8 unspecified atom stereocenters. The Labute approximate surface area is 240 Å². The largest absolute Gasteiger partial charge is 0.298 e. The number of hydrogen-bond donors (Lipinski definition) is 1. The molecular weight excluding hydrogens is 490 g/mol. The van der Waals surface area contributed by atoms with Gasteiger partial charge in [-0.25, -0.2) is 4.98 Å². The highest BCUT2D eigenvalue weighted by molar-refractivity contribution is 5.77. The Kier molecular flexibility index (Phi) is 6.11. The molecule has 5 aliphatic carbocycles. The molecule has 4 heteroatoms. The zero-order chi connectivity index (χ0) is 27.9. The van der Waals surface area contributed by atoms with E-state index in [2.05, 4.69) is 62.7 Å². The van der Waals surface area contributed by atoms with Gasteiger partial charge < -0.3 is 0 Å². The maximum atomic E-state index is 11.2. The first-order valence-electron chi connectivity index (χ1n) is 16.0. The van der Waals surface area contributed by atoms with Crippen LogP contribution in [0.15, 0.2) is 48.8 Å². The summed E-state index contributed by atoms with van der Waals surface area (Å²) in [5, 5.41) is 7.67. The monoisotopic (exact) mass is 537 g/mol. The second-order valence-corrected chi connectivity index (χ2v) is 15.0. The summed E-state index contributed by atoms with van der Waals surface area (Å²) < 4.78 is 0. The van der Waals surface area contributed by atoms with Gasteiger partial charge in [0.25, 0.3) is 0 Å². The van der Waals surface area contributed by atoms with Crippen LogP contribution < -0.4 is 0 Å². The summed E-state index contributed by atoms with van der Waals surface area (Å²) in [6.45, 7) is 14.7. The SMILES string of the molecule is C=C(C)[C@@H]1CCC2(c3ncn[nH]3)CCC3C(CCC4C5(C)CC=C(c6ccc(C=O)cc6)C(C)C5CCC34C)[C@@H]12. The molecule has 0 radical (unpaired) electrons. The van der Waals surface area contributed by atoms with Gasteiger partial charge in [0.05, 0.1) is 0 Å². The van der Waals surface area contributed by atoms with Crippen molar-refractivity contribution in [1.29, 1.82) is 0 Å². The third-order valence-electron chi connectivity index (χ3n) is 13.7. The molecule has 1 aromatic heterocycles. The summed E-state index contributed by atoms with van der Waals surface area (Å²) in [5.41, 5.74) is 5.87. The van der Waals surface area contributed by atoms with Crippen LogP contribution in [0, 0.1) is 52.3 Å². The molecule has 2 aromatic rings. The van der Waals surface area contributed by atoms with Gasteiger partial charge in [-0.2, -0.15) is 5.10 Å². The van der Waals surface area contributed by atoms with Gasteiger partial charge in [-0.3, -0.25) is 9.89 Å². The van der Waals surface area contributed by atoms with Crippen LogP contribution in [0.25, 0.3) is 5.57 Å². The molecule has 0 spiro atoms. The van der Waals surface area contributed by atoms with E-state index < -0.39 is 0 Å². The number of fused-ring (bicyclic) bond motifs is 7. The Balaban J connectivity index is 1.21. The summed E-state index contributed by atoms with van der Waals surface area (Å²) in [6, 6.07) is 8.28. The fourth-order valence-electron chi connectivity index (χ4n) is 12.0. The van der Waals surface area contributed by atoms with Gasteiger partial charge >= 0.3 is 0 Å². The van der Waals surface area contributed by atoms with Gasteiger partial charge in [0, 0.05) is 11.0 Å². The smallest absolute Gasteiger partial charge is 0.150 e. The van der Waals surface area contributed by atoms with Crippen molar-refractivity contribution in [1.82, 2.24) is 15.2 Å². The number of rotatable bonds is 4. The molecule has 10 atom stereocenters. The van der Waals surface area contributed by atoms with Gasteiger partial charge in [0.1, 0.15) is 18.4 Å². The standard InChI is InChI=1S/C36H47N3O/c1-22(2)26-13-18-36(33-37-21-38-39-33)19-15-30-28(32(26)36)10-11-31-34(4)16-12-27(25-8-6-24(20-40)7-9-25)23(3)29(34)14-17-35(30,31)5/h6-9,12,20-21,23,26,28-32H,1,10-11,13-19H2,2-5H3,(H,37,38,39)/t23?,26-,28?,29?,30?,31?,32+,34?,35?,36?/m0/s1. The number of aromatic nitrogens is 3. The van der Waals surface area contributed by atoms with Crippen LogP contribution in [0.3, 0.4) is 0 Å². The first-order valence-corrected chi connectivity index (χ1v) is 16.0. The Morgan fingerprint density at radius 1 is 1.00 bits per heavy atom. The summed E-state index contributed by atoms with van der Waals surface area (Å²) in [5.74, 6) is 6.01. The number of hydrogen-bond acceptors (Lipinski definition) is 3. The van der Waals surface area contributed by atoms with Gasteiger partial charge in [0.15, 0.2) is 0 Å². The Hall–Kier alpha value is -2.49. The number of benzene rings is 1. The van der Waals surface area contributed by atoms with E-state index in [1.54, 1.807) is 6.33 Å². The second-order valence-electron chi connectivity index (χ2n) is 15.0. The molecule has 212 valence electrons. The fourth-order valence-corrected chi connectivity index (χ4v) is 12.0. The number of H-pyrrole nitrogens is 1. The number of nitrogens with one attached hydrogen (secondary N) is 1. The van der Waals surface area contributed by atoms with Crippen LogP contribution >= 0.6 is 0 Å². The van der Waals surface area contributed by atoms with Gasteiger partial charge in [-0.1, -0.05) is 63.3 Å². The molecule has 7 rings (SSSR count). The summed E-state index contributed by atoms with van der Waals surface area (Å²) in [7, 11) is 0. The van der Waals surface area contributed by atoms with E-state index in [1.807, 2.05) is 12.1 Å². The number of carbonyl (C=O) groups is 1. The van der Waals surface area contributed by atoms with Crippen LogP contribution in [0.5, 0.6) is 0 Å². The highest BCUT2D eigenvalue weighted by Gasteiger charge is 2.66. The van der Waals surface area contributed by atoms with Crippen molar-refractivity contribution in [2.24, 2.45) is 52.3 Å². The van der Waals surface area contributed by atoms with E-state index >= 15 is 0 Å². The summed E-state index contributed by atoms with van der Waals surface area (Å²) in [6.07, 6.45) is 16.9. The predicted molar refractivity (Wildman–Crippen MR) is 161 cm³/mol. The molecule has 4 fully saturated rings. The van der Waals surface area contributed by atoms with Crippen molar-refractivity contribution in [2.75, 3.05) is 0 Å².